The number of nitrogens with one attached hydrogen (secondary N) is 1. The number of rotatable bonds is 14. The molecule has 2 aromatic carbocycles. The molecule has 4 nitrogen and oxygen atoms in total. The van der Waals surface area contributed by atoms with Gasteiger partial charge in [0.1, 0.15) is 6.61 Å². The van der Waals surface area contributed by atoms with Crippen LogP contribution in [0.25, 0.3) is 0 Å². The molecule has 0 fully saturated rings. The van der Waals surface area contributed by atoms with Crippen LogP contribution in [-0.2, 0) is 17.9 Å². The van der Waals surface area contributed by atoms with Crippen LogP contribution in [0.5, 0.6) is 11.5 Å². The molecule has 29 heavy (non-hydrogen) atoms. The van der Waals surface area contributed by atoms with Crippen molar-refractivity contribution in [2.75, 3.05) is 26.4 Å². The van der Waals surface area contributed by atoms with Gasteiger partial charge < -0.3 is 19.5 Å². The topological polar surface area (TPSA) is 39.7 Å². The molecule has 2 rings (SSSR count). The summed E-state index contributed by atoms with van der Waals surface area (Å²) in [6.07, 6.45) is 3.28. The fourth-order valence-corrected chi connectivity index (χ4v) is 3.16. The molecule has 0 heterocycles. The smallest absolute Gasteiger partial charge is 0.180 e. The largest absolute Gasteiger partial charge is 0.490 e. The van der Waals surface area contributed by atoms with E-state index in [1.807, 2.05) is 43.3 Å². The zero-order chi connectivity index (χ0) is 20.9. The van der Waals surface area contributed by atoms with Gasteiger partial charge >= 0.3 is 0 Å². The first kappa shape index (κ1) is 23.8. The van der Waals surface area contributed by atoms with E-state index >= 15 is 0 Å². The van der Waals surface area contributed by atoms with E-state index in [4.69, 9.17) is 37.4 Å². The third-order valence-corrected chi connectivity index (χ3v) is 4.81. The van der Waals surface area contributed by atoms with Gasteiger partial charge in [0.2, 0.25) is 0 Å². The van der Waals surface area contributed by atoms with Gasteiger partial charge in [0.15, 0.2) is 11.5 Å². The van der Waals surface area contributed by atoms with Crippen LogP contribution >= 0.6 is 23.2 Å². The summed E-state index contributed by atoms with van der Waals surface area (Å²) >= 11 is 12.4. The Hall–Kier alpha value is -1.46. The number of hydrogen-bond donors (Lipinski definition) is 1. The molecule has 0 aliphatic rings. The van der Waals surface area contributed by atoms with Crippen LogP contribution in [0.3, 0.4) is 0 Å². The lowest BCUT2D eigenvalue weighted by Gasteiger charge is -2.16. The first-order chi connectivity index (χ1) is 14.1. The standard InChI is InChI=1S/C23H31Cl2NO3/c1-3-5-12-27-13-6-11-26-16-19-14-21(25)23(22(15-19)28-4-2)29-17-18-7-9-20(24)10-8-18/h7-10,14-15,26H,3-6,11-13,16-17H2,1-2H3. The molecule has 0 radical (unpaired) electrons. The first-order valence-electron chi connectivity index (χ1n) is 10.2. The fraction of sp³-hybridized carbons (Fsp3) is 0.478. The highest BCUT2D eigenvalue weighted by atomic mass is 35.5. The fourth-order valence-electron chi connectivity index (χ4n) is 2.74. The highest BCUT2D eigenvalue weighted by Crippen LogP contribution is 2.37. The third-order valence-electron chi connectivity index (χ3n) is 4.28. The molecule has 0 aliphatic carbocycles. The normalized spacial score (nSPS) is 10.9. The molecule has 1 N–H and O–H groups in total. The summed E-state index contributed by atoms with van der Waals surface area (Å²) in [6.45, 7) is 8.29. The zero-order valence-corrected chi connectivity index (χ0v) is 18.8. The van der Waals surface area contributed by atoms with Crippen molar-refractivity contribution in [1.82, 2.24) is 5.32 Å². The van der Waals surface area contributed by atoms with Gasteiger partial charge in [-0.25, -0.2) is 0 Å². The van der Waals surface area contributed by atoms with E-state index in [9.17, 15) is 0 Å². The molecule has 0 bridgehead atoms. The molecule has 0 spiro atoms. The summed E-state index contributed by atoms with van der Waals surface area (Å²) in [5.74, 6) is 1.23. The maximum absolute atomic E-state index is 6.50. The number of halogens is 2. The van der Waals surface area contributed by atoms with Gasteiger partial charge in [0.25, 0.3) is 0 Å². The SMILES string of the molecule is CCCCOCCCNCc1cc(Cl)c(OCc2ccc(Cl)cc2)c(OCC)c1. The quantitative estimate of drug-likeness (QED) is 0.352. The van der Waals surface area contributed by atoms with Gasteiger partial charge in [0.05, 0.1) is 11.6 Å². The minimum atomic E-state index is 0.395. The van der Waals surface area contributed by atoms with Crippen LogP contribution < -0.4 is 14.8 Å². The van der Waals surface area contributed by atoms with Gasteiger partial charge in [-0.3, -0.25) is 0 Å². The van der Waals surface area contributed by atoms with E-state index in [1.165, 1.54) is 6.42 Å². The molecule has 0 saturated heterocycles. The predicted octanol–water partition coefficient (Wildman–Crippen LogP) is 6.27. The van der Waals surface area contributed by atoms with E-state index in [-0.39, 0.29) is 0 Å². The van der Waals surface area contributed by atoms with E-state index in [0.717, 1.165) is 43.7 Å². The molecule has 0 aromatic heterocycles. The van der Waals surface area contributed by atoms with Gasteiger partial charge in [0, 0.05) is 24.8 Å². The van der Waals surface area contributed by atoms with Crippen LogP contribution in [0.4, 0.5) is 0 Å². The number of unbranched alkanes of at least 4 members (excludes halogenated alkanes) is 1. The molecule has 0 atom stereocenters. The lowest BCUT2D eigenvalue weighted by Crippen LogP contribution is -2.16. The molecule has 160 valence electrons. The molecule has 0 saturated carbocycles. The Morgan fingerprint density at radius 3 is 2.38 bits per heavy atom. The lowest BCUT2D eigenvalue weighted by atomic mass is 10.2. The predicted molar refractivity (Wildman–Crippen MR) is 120 cm³/mol. The highest BCUT2D eigenvalue weighted by Gasteiger charge is 2.13. The Bertz CT molecular complexity index is 723. The summed E-state index contributed by atoms with van der Waals surface area (Å²) in [5, 5.41) is 4.67. The van der Waals surface area contributed by atoms with Crippen LogP contribution in [0, 0.1) is 0 Å². The number of hydrogen-bond acceptors (Lipinski definition) is 4. The number of ether oxygens (including phenoxy) is 3. The third kappa shape index (κ3) is 8.83. The van der Waals surface area contributed by atoms with Crippen LogP contribution in [0.1, 0.15) is 44.2 Å². The van der Waals surface area contributed by atoms with Crippen molar-refractivity contribution in [3.8, 4) is 11.5 Å². The molecule has 0 unspecified atom stereocenters. The van der Waals surface area contributed by atoms with Crippen molar-refractivity contribution in [3.63, 3.8) is 0 Å². The van der Waals surface area contributed by atoms with Crippen molar-refractivity contribution in [1.29, 1.82) is 0 Å². The molecular formula is C23H31Cl2NO3. The van der Waals surface area contributed by atoms with Gasteiger partial charge in [-0.05, 0) is 61.7 Å². The lowest BCUT2D eigenvalue weighted by molar-refractivity contribution is 0.129. The summed E-state index contributed by atoms with van der Waals surface area (Å²) in [5.41, 5.74) is 2.07. The Morgan fingerprint density at radius 1 is 0.897 bits per heavy atom. The minimum absolute atomic E-state index is 0.395. The number of benzene rings is 2. The monoisotopic (exact) mass is 439 g/mol. The maximum Gasteiger partial charge on any atom is 0.180 e. The van der Waals surface area contributed by atoms with Crippen LogP contribution in [0.2, 0.25) is 10.0 Å². The Kier molecular flexibility index (Phi) is 11.3. The van der Waals surface area contributed by atoms with Crippen molar-refractivity contribution in [2.45, 2.75) is 46.3 Å². The molecule has 2 aromatic rings. The Morgan fingerprint density at radius 2 is 1.66 bits per heavy atom. The van der Waals surface area contributed by atoms with Crippen molar-refractivity contribution in [2.24, 2.45) is 0 Å². The highest BCUT2D eigenvalue weighted by molar-refractivity contribution is 6.32. The van der Waals surface area contributed by atoms with E-state index < -0.39 is 0 Å². The van der Waals surface area contributed by atoms with Crippen LogP contribution in [-0.4, -0.2) is 26.4 Å². The maximum atomic E-state index is 6.50. The molecule has 6 heteroatoms. The van der Waals surface area contributed by atoms with Gasteiger partial charge in [-0.15, -0.1) is 0 Å². The second kappa shape index (κ2) is 13.7. The molecular weight excluding hydrogens is 409 g/mol. The van der Waals surface area contributed by atoms with Crippen molar-refractivity contribution < 1.29 is 14.2 Å². The Labute approximate surface area is 184 Å². The Balaban J connectivity index is 1.88. The summed E-state index contributed by atoms with van der Waals surface area (Å²) in [4.78, 5) is 0. The summed E-state index contributed by atoms with van der Waals surface area (Å²) in [7, 11) is 0. The van der Waals surface area contributed by atoms with Gasteiger partial charge in [-0.1, -0.05) is 48.7 Å². The van der Waals surface area contributed by atoms with E-state index in [0.29, 0.717) is 41.3 Å². The van der Waals surface area contributed by atoms with Crippen molar-refractivity contribution >= 4 is 23.2 Å². The molecule has 0 aliphatic heterocycles. The van der Waals surface area contributed by atoms with Crippen molar-refractivity contribution in [3.05, 3.63) is 57.6 Å². The molecule has 0 amide bonds. The summed E-state index contributed by atoms with van der Waals surface area (Å²) < 4.78 is 17.3. The van der Waals surface area contributed by atoms with Gasteiger partial charge in [-0.2, -0.15) is 0 Å². The average Bonchev–Trinajstić information content (AvgIpc) is 2.71. The van der Waals surface area contributed by atoms with E-state index in [1.54, 1.807) is 0 Å². The second-order valence-corrected chi connectivity index (χ2v) is 7.59. The average molecular weight is 440 g/mol. The van der Waals surface area contributed by atoms with Crippen LogP contribution in [0.15, 0.2) is 36.4 Å². The minimum Gasteiger partial charge on any atom is -0.490 e. The first-order valence-corrected chi connectivity index (χ1v) is 11.0. The van der Waals surface area contributed by atoms with E-state index in [2.05, 4.69) is 12.2 Å². The zero-order valence-electron chi connectivity index (χ0n) is 17.3. The second-order valence-electron chi connectivity index (χ2n) is 6.75. The summed E-state index contributed by atoms with van der Waals surface area (Å²) in [6, 6.07) is 11.5.